The van der Waals surface area contributed by atoms with Crippen LogP contribution in [0.5, 0.6) is 0 Å². The second kappa shape index (κ2) is 6.28. The van der Waals surface area contributed by atoms with Crippen molar-refractivity contribution in [2.45, 2.75) is 26.3 Å². The molecule has 0 fully saturated rings. The van der Waals surface area contributed by atoms with Crippen molar-refractivity contribution in [2.24, 2.45) is 5.84 Å². The highest BCUT2D eigenvalue weighted by atomic mass is 79.9. The van der Waals surface area contributed by atoms with Crippen molar-refractivity contribution in [3.8, 4) is 0 Å². The van der Waals surface area contributed by atoms with E-state index >= 15 is 0 Å². The minimum Gasteiger partial charge on any atom is -0.271 e. The van der Waals surface area contributed by atoms with Gasteiger partial charge in [-0.25, -0.2) is 0 Å². The van der Waals surface area contributed by atoms with Gasteiger partial charge in [-0.15, -0.1) is 0 Å². The van der Waals surface area contributed by atoms with Crippen molar-refractivity contribution in [3.05, 3.63) is 63.4 Å². The molecule has 0 bridgehead atoms. The number of nitrogens with zero attached hydrogens (tertiary/aromatic N) is 1. The van der Waals surface area contributed by atoms with E-state index in [1.54, 1.807) is 0 Å². The van der Waals surface area contributed by atoms with Gasteiger partial charge in [0.05, 0.1) is 11.7 Å². The van der Waals surface area contributed by atoms with E-state index in [1.165, 1.54) is 11.1 Å². The number of rotatable bonds is 4. The van der Waals surface area contributed by atoms with E-state index in [4.69, 9.17) is 5.84 Å². The molecule has 3 N–H and O–H groups in total. The number of aryl methyl sites for hydroxylation is 2. The molecule has 1 atom stereocenters. The first-order valence-electron chi connectivity index (χ1n) is 6.24. The quantitative estimate of drug-likeness (QED) is 0.672. The van der Waals surface area contributed by atoms with Crippen molar-refractivity contribution in [1.82, 2.24) is 10.4 Å². The molecule has 0 amide bonds. The second-order valence-electron chi connectivity index (χ2n) is 4.77. The molecule has 2 aromatic rings. The molecule has 1 aromatic heterocycles. The SMILES string of the molecule is Cc1cnc(C(Cc2cccc(Br)c2)NN)c(C)c1. The first kappa shape index (κ1) is 14.2. The fourth-order valence-corrected chi connectivity index (χ4v) is 2.67. The third-order valence-electron chi connectivity index (χ3n) is 3.12. The molecule has 3 nitrogen and oxygen atoms in total. The maximum absolute atomic E-state index is 5.70. The minimum absolute atomic E-state index is 0.0231. The molecule has 19 heavy (non-hydrogen) atoms. The van der Waals surface area contributed by atoms with Gasteiger partial charge in [0.25, 0.3) is 0 Å². The Morgan fingerprint density at radius 3 is 2.74 bits per heavy atom. The zero-order valence-corrected chi connectivity index (χ0v) is 12.7. The summed E-state index contributed by atoms with van der Waals surface area (Å²) in [5, 5.41) is 0. The summed E-state index contributed by atoms with van der Waals surface area (Å²) in [6.45, 7) is 4.11. The molecule has 1 aromatic carbocycles. The van der Waals surface area contributed by atoms with Crippen LogP contribution in [0, 0.1) is 13.8 Å². The third-order valence-corrected chi connectivity index (χ3v) is 3.61. The van der Waals surface area contributed by atoms with E-state index < -0.39 is 0 Å². The Balaban J connectivity index is 2.25. The van der Waals surface area contributed by atoms with Crippen LogP contribution in [0.25, 0.3) is 0 Å². The predicted molar refractivity (Wildman–Crippen MR) is 81.6 cm³/mol. The largest absolute Gasteiger partial charge is 0.271 e. The Morgan fingerprint density at radius 2 is 2.11 bits per heavy atom. The van der Waals surface area contributed by atoms with Crippen LogP contribution in [0.4, 0.5) is 0 Å². The van der Waals surface area contributed by atoms with Crippen molar-refractivity contribution < 1.29 is 0 Å². The van der Waals surface area contributed by atoms with Crippen LogP contribution in [0.1, 0.15) is 28.4 Å². The molecular formula is C15H18BrN3. The number of aromatic nitrogens is 1. The molecule has 2 rings (SSSR count). The van der Waals surface area contributed by atoms with Crippen molar-refractivity contribution in [1.29, 1.82) is 0 Å². The lowest BCUT2D eigenvalue weighted by Gasteiger charge is -2.18. The van der Waals surface area contributed by atoms with Crippen LogP contribution in [-0.4, -0.2) is 4.98 Å². The summed E-state index contributed by atoms with van der Waals surface area (Å²) in [6.07, 6.45) is 2.69. The van der Waals surface area contributed by atoms with Crippen LogP contribution in [0.15, 0.2) is 41.0 Å². The highest BCUT2D eigenvalue weighted by Crippen LogP contribution is 2.21. The number of hydrazine groups is 1. The van der Waals surface area contributed by atoms with E-state index in [2.05, 4.69) is 51.5 Å². The molecule has 1 heterocycles. The topological polar surface area (TPSA) is 50.9 Å². The molecule has 4 heteroatoms. The first-order valence-corrected chi connectivity index (χ1v) is 7.03. The maximum Gasteiger partial charge on any atom is 0.0675 e. The van der Waals surface area contributed by atoms with Gasteiger partial charge in [-0.3, -0.25) is 16.3 Å². The van der Waals surface area contributed by atoms with Gasteiger partial charge in [-0.2, -0.15) is 0 Å². The minimum atomic E-state index is 0.0231. The summed E-state index contributed by atoms with van der Waals surface area (Å²) < 4.78 is 1.08. The summed E-state index contributed by atoms with van der Waals surface area (Å²) in [6, 6.07) is 10.4. The molecule has 0 aliphatic rings. The van der Waals surface area contributed by atoms with Gasteiger partial charge in [-0.1, -0.05) is 34.1 Å². The summed E-state index contributed by atoms with van der Waals surface area (Å²) in [4.78, 5) is 4.51. The molecule has 0 saturated heterocycles. The fourth-order valence-electron chi connectivity index (χ4n) is 2.22. The Kier molecular flexibility index (Phi) is 4.69. The predicted octanol–water partition coefficient (Wildman–Crippen LogP) is 3.21. The number of pyridine rings is 1. The van der Waals surface area contributed by atoms with Gasteiger partial charge >= 0.3 is 0 Å². The number of nitrogens with one attached hydrogen (secondary N) is 1. The van der Waals surface area contributed by atoms with Crippen LogP contribution in [-0.2, 0) is 6.42 Å². The highest BCUT2D eigenvalue weighted by molar-refractivity contribution is 9.10. The van der Waals surface area contributed by atoms with Crippen molar-refractivity contribution in [3.63, 3.8) is 0 Å². The van der Waals surface area contributed by atoms with Gasteiger partial charge in [0, 0.05) is 10.7 Å². The summed E-state index contributed by atoms with van der Waals surface area (Å²) in [7, 11) is 0. The highest BCUT2D eigenvalue weighted by Gasteiger charge is 2.14. The van der Waals surface area contributed by atoms with E-state index in [9.17, 15) is 0 Å². The van der Waals surface area contributed by atoms with Crippen molar-refractivity contribution >= 4 is 15.9 Å². The number of benzene rings is 1. The zero-order valence-electron chi connectivity index (χ0n) is 11.2. The Hall–Kier alpha value is -1.23. The standard InChI is InChI=1S/C15H18BrN3/c1-10-6-11(2)15(18-9-10)14(19-17)8-12-4-3-5-13(16)7-12/h3-7,9,14,19H,8,17H2,1-2H3. The normalized spacial score (nSPS) is 12.4. The Morgan fingerprint density at radius 1 is 1.32 bits per heavy atom. The lowest BCUT2D eigenvalue weighted by molar-refractivity contribution is 0.535. The van der Waals surface area contributed by atoms with Crippen molar-refractivity contribution in [2.75, 3.05) is 0 Å². The average molecular weight is 320 g/mol. The average Bonchev–Trinajstić information content (AvgIpc) is 2.37. The first-order chi connectivity index (χ1) is 9.10. The van der Waals surface area contributed by atoms with E-state index in [0.29, 0.717) is 0 Å². The van der Waals surface area contributed by atoms with Crippen LogP contribution in [0.2, 0.25) is 0 Å². The van der Waals surface area contributed by atoms with E-state index in [0.717, 1.165) is 22.2 Å². The van der Waals surface area contributed by atoms with Gasteiger partial charge in [0.15, 0.2) is 0 Å². The summed E-state index contributed by atoms with van der Waals surface area (Å²) in [5.74, 6) is 5.70. The second-order valence-corrected chi connectivity index (χ2v) is 5.68. The molecular weight excluding hydrogens is 302 g/mol. The number of hydrogen-bond donors (Lipinski definition) is 2. The number of nitrogens with two attached hydrogens (primary N) is 1. The Bertz CT molecular complexity index is 569. The number of hydrogen-bond acceptors (Lipinski definition) is 3. The lowest BCUT2D eigenvalue weighted by Crippen LogP contribution is -2.30. The fraction of sp³-hybridized carbons (Fsp3) is 0.267. The molecule has 0 radical (unpaired) electrons. The van der Waals surface area contributed by atoms with E-state index in [1.807, 2.05) is 25.3 Å². The molecule has 0 saturated carbocycles. The van der Waals surface area contributed by atoms with Gasteiger partial charge in [-0.05, 0) is 49.1 Å². The van der Waals surface area contributed by atoms with Gasteiger partial charge < -0.3 is 0 Å². The molecule has 1 unspecified atom stereocenters. The third kappa shape index (κ3) is 3.62. The summed E-state index contributed by atoms with van der Waals surface area (Å²) in [5.41, 5.74) is 7.43. The lowest BCUT2D eigenvalue weighted by atomic mass is 10.00. The summed E-state index contributed by atoms with van der Waals surface area (Å²) >= 11 is 3.49. The smallest absolute Gasteiger partial charge is 0.0675 e. The monoisotopic (exact) mass is 319 g/mol. The molecule has 0 spiro atoms. The van der Waals surface area contributed by atoms with Crippen LogP contribution in [0.3, 0.4) is 0 Å². The molecule has 0 aliphatic carbocycles. The maximum atomic E-state index is 5.70. The van der Waals surface area contributed by atoms with Crippen LogP contribution < -0.4 is 11.3 Å². The van der Waals surface area contributed by atoms with Gasteiger partial charge in [0.2, 0.25) is 0 Å². The number of halogens is 1. The molecule has 0 aliphatic heterocycles. The van der Waals surface area contributed by atoms with E-state index in [-0.39, 0.29) is 6.04 Å². The molecule has 100 valence electrons. The van der Waals surface area contributed by atoms with Gasteiger partial charge in [0.1, 0.15) is 0 Å². The van der Waals surface area contributed by atoms with Crippen LogP contribution >= 0.6 is 15.9 Å². The zero-order chi connectivity index (χ0) is 13.8. The Labute approximate surface area is 122 Å².